The van der Waals surface area contributed by atoms with Crippen molar-refractivity contribution in [3.63, 3.8) is 0 Å². The molecule has 1 aromatic carbocycles. The van der Waals surface area contributed by atoms with Gasteiger partial charge in [0.15, 0.2) is 0 Å². The van der Waals surface area contributed by atoms with Gasteiger partial charge >= 0.3 is 5.97 Å². The maximum atomic E-state index is 11.5. The lowest BCUT2D eigenvalue weighted by Crippen LogP contribution is -2.32. The van der Waals surface area contributed by atoms with Crippen molar-refractivity contribution in [2.45, 2.75) is 32.2 Å². The third-order valence-corrected chi connectivity index (χ3v) is 3.61. The predicted molar refractivity (Wildman–Crippen MR) is 71.4 cm³/mol. The number of nitrogens with zero attached hydrogens (tertiary/aromatic N) is 1. The fourth-order valence-electron chi connectivity index (χ4n) is 2.64. The largest absolute Gasteiger partial charge is 0.466 e. The van der Waals surface area contributed by atoms with Gasteiger partial charge < -0.3 is 4.74 Å². The Labute approximate surface area is 109 Å². The molecule has 18 heavy (non-hydrogen) atoms. The van der Waals surface area contributed by atoms with Gasteiger partial charge in [0.05, 0.1) is 6.61 Å². The Morgan fingerprint density at radius 2 is 2.22 bits per heavy atom. The number of benzene rings is 1. The average molecular weight is 247 g/mol. The highest BCUT2D eigenvalue weighted by atomic mass is 16.5. The SMILES string of the molecule is CCOC(=O)CCC1c2ccccc2CCN1C. The Hall–Kier alpha value is -1.35. The molecule has 1 heterocycles. The molecule has 0 aliphatic carbocycles. The molecular formula is C15H21NO2. The lowest BCUT2D eigenvalue weighted by molar-refractivity contribution is -0.143. The topological polar surface area (TPSA) is 29.5 Å². The van der Waals surface area contributed by atoms with Crippen molar-refractivity contribution in [2.24, 2.45) is 0 Å². The van der Waals surface area contributed by atoms with E-state index in [1.807, 2.05) is 6.92 Å². The summed E-state index contributed by atoms with van der Waals surface area (Å²) in [4.78, 5) is 13.8. The molecular weight excluding hydrogens is 226 g/mol. The first-order valence-electron chi connectivity index (χ1n) is 6.66. The molecule has 0 saturated carbocycles. The third-order valence-electron chi connectivity index (χ3n) is 3.61. The van der Waals surface area contributed by atoms with Gasteiger partial charge in [-0.1, -0.05) is 24.3 Å². The highest BCUT2D eigenvalue weighted by Crippen LogP contribution is 2.31. The van der Waals surface area contributed by atoms with Gasteiger partial charge in [0.2, 0.25) is 0 Å². The van der Waals surface area contributed by atoms with Crippen molar-refractivity contribution >= 4 is 5.97 Å². The van der Waals surface area contributed by atoms with Crippen LogP contribution in [0.1, 0.15) is 36.9 Å². The van der Waals surface area contributed by atoms with E-state index in [0.29, 0.717) is 19.1 Å². The second-order valence-electron chi connectivity index (χ2n) is 4.79. The lowest BCUT2D eigenvalue weighted by atomic mass is 9.90. The third kappa shape index (κ3) is 2.91. The van der Waals surface area contributed by atoms with Crippen LogP contribution in [0.25, 0.3) is 0 Å². The monoisotopic (exact) mass is 247 g/mol. The smallest absolute Gasteiger partial charge is 0.305 e. The van der Waals surface area contributed by atoms with E-state index in [1.54, 1.807) is 0 Å². The minimum Gasteiger partial charge on any atom is -0.466 e. The Morgan fingerprint density at radius 3 is 3.00 bits per heavy atom. The van der Waals surface area contributed by atoms with Crippen LogP contribution in [0.3, 0.4) is 0 Å². The van der Waals surface area contributed by atoms with Crippen LogP contribution in [-0.4, -0.2) is 31.1 Å². The van der Waals surface area contributed by atoms with Crippen molar-refractivity contribution in [1.29, 1.82) is 0 Å². The molecule has 3 heteroatoms. The molecule has 1 atom stereocenters. The first-order chi connectivity index (χ1) is 8.72. The number of ether oxygens (including phenoxy) is 1. The van der Waals surface area contributed by atoms with E-state index < -0.39 is 0 Å². The van der Waals surface area contributed by atoms with E-state index in [4.69, 9.17) is 4.74 Å². The van der Waals surface area contributed by atoms with Crippen molar-refractivity contribution in [1.82, 2.24) is 4.90 Å². The van der Waals surface area contributed by atoms with Crippen molar-refractivity contribution in [3.8, 4) is 0 Å². The molecule has 2 rings (SSSR count). The standard InChI is InChI=1S/C15H21NO2/c1-3-18-15(17)9-8-14-13-7-5-4-6-12(13)10-11-16(14)2/h4-7,14H,3,8-11H2,1-2H3. The summed E-state index contributed by atoms with van der Waals surface area (Å²) in [5.74, 6) is -0.0889. The number of rotatable bonds is 4. The van der Waals surface area contributed by atoms with Gasteiger partial charge in [0, 0.05) is 19.0 Å². The minimum atomic E-state index is -0.0889. The molecule has 0 fully saturated rings. The van der Waals surface area contributed by atoms with E-state index in [9.17, 15) is 4.79 Å². The van der Waals surface area contributed by atoms with E-state index in [2.05, 4.69) is 36.2 Å². The highest BCUT2D eigenvalue weighted by molar-refractivity contribution is 5.69. The molecule has 0 spiro atoms. The van der Waals surface area contributed by atoms with Crippen LogP contribution < -0.4 is 0 Å². The Bertz CT molecular complexity index is 417. The fraction of sp³-hybridized carbons (Fsp3) is 0.533. The van der Waals surface area contributed by atoms with Gasteiger partial charge in [0.1, 0.15) is 0 Å². The molecule has 1 aromatic rings. The molecule has 0 radical (unpaired) electrons. The van der Waals surface area contributed by atoms with Gasteiger partial charge in [0.25, 0.3) is 0 Å². The molecule has 1 unspecified atom stereocenters. The Morgan fingerprint density at radius 1 is 1.44 bits per heavy atom. The highest BCUT2D eigenvalue weighted by Gasteiger charge is 2.24. The predicted octanol–water partition coefficient (Wildman–Crippen LogP) is 2.56. The molecule has 0 aromatic heterocycles. The van der Waals surface area contributed by atoms with Gasteiger partial charge in [-0.2, -0.15) is 0 Å². The van der Waals surface area contributed by atoms with Gasteiger partial charge in [-0.25, -0.2) is 0 Å². The molecule has 98 valence electrons. The number of likely N-dealkylation sites (N-methyl/N-ethyl adjacent to an activating group) is 1. The van der Waals surface area contributed by atoms with E-state index in [-0.39, 0.29) is 5.97 Å². The average Bonchev–Trinajstić information content (AvgIpc) is 2.38. The van der Waals surface area contributed by atoms with Gasteiger partial charge in [-0.3, -0.25) is 9.69 Å². The summed E-state index contributed by atoms with van der Waals surface area (Å²) < 4.78 is 5.00. The summed E-state index contributed by atoms with van der Waals surface area (Å²) in [5, 5.41) is 0. The van der Waals surface area contributed by atoms with E-state index >= 15 is 0 Å². The van der Waals surface area contributed by atoms with E-state index in [1.165, 1.54) is 11.1 Å². The summed E-state index contributed by atoms with van der Waals surface area (Å²) in [5.41, 5.74) is 2.79. The number of carbonyl (C=O) groups is 1. The summed E-state index contributed by atoms with van der Waals surface area (Å²) in [7, 11) is 2.13. The zero-order chi connectivity index (χ0) is 13.0. The summed E-state index contributed by atoms with van der Waals surface area (Å²) in [6, 6.07) is 8.89. The van der Waals surface area contributed by atoms with Gasteiger partial charge in [-0.15, -0.1) is 0 Å². The van der Waals surface area contributed by atoms with Crippen molar-refractivity contribution in [2.75, 3.05) is 20.2 Å². The van der Waals surface area contributed by atoms with Crippen molar-refractivity contribution < 1.29 is 9.53 Å². The second-order valence-corrected chi connectivity index (χ2v) is 4.79. The summed E-state index contributed by atoms with van der Waals surface area (Å²) in [6.45, 7) is 3.38. The number of hydrogen-bond acceptors (Lipinski definition) is 3. The lowest BCUT2D eigenvalue weighted by Gasteiger charge is -2.34. The number of esters is 1. The van der Waals surface area contributed by atoms with Crippen LogP contribution >= 0.6 is 0 Å². The van der Waals surface area contributed by atoms with Crippen LogP contribution in [0.15, 0.2) is 24.3 Å². The zero-order valence-electron chi connectivity index (χ0n) is 11.2. The minimum absolute atomic E-state index is 0.0889. The quantitative estimate of drug-likeness (QED) is 0.766. The van der Waals surface area contributed by atoms with E-state index in [0.717, 1.165) is 19.4 Å². The van der Waals surface area contributed by atoms with Gasteiger partial charge in [-0.05, 0) is 37.9 Å². The first kappa shape index (κ1) is 13.1. The van der Waals surface area contributed by atoms with Crippen molar-refractivity contribution in [3.05, 3.63) is 35.4 Å². The second kappa shape index (κ2) is 6.01. The number of carbonyl (C=O) groups excluding carboxylic acids is 1. The molecule has 0 amide bonds. The molecule has 0 saturated heterocycles. The number of fused-ring (bicyclic) bond motifs is 1. The maximum absolute atomic E-state index is 11.5. The first-order valence-corrected chi connectivity index (χ1v) is 6.66. The molecule has 1 aliphatic heterocycles. The molecule has 0 N–H and O–H groups in total. The van der Waals surface area contributed by atoms with Crippen LogP contribution in [-0.2, 0) is 16.0 Å². The number of hydrogen-bond donors (Lipinski definition) is 0. The van der Waals surface area contributed by atoms with Crippen LogP contribution in [0.2, 0.25) is 0 Å². The maximum Gasteiger partial charge on any atom is 0.305 e. The van der Waals surface area contributed by atoms with Crippen LogP contribution in [0, 0.1) is 0 Å². The summed E-state index contributed by atoms with van der Waals surface area (Å²) >= 11 is 0. The fourth-order valence-corrected chi connectivity index (χ4v) is 2.64. The van der Waals surface area contributed by atoms with Crippen LogP contribution in [0.5, 0.6) is 0 Å². The Balaban J connectivity index is 2.05. The normalized spacial score (nSPS) is 19.3. The summed E-state index contributed by atoms with van der Waals surface area (Å²) in [6.07, 6.45) is 2.44. The van der Waals surface area contributed by atoms with Crippen LogP contribution in [0.4, 0.5) is 0 Å². The molecule has 3 nitrogen and oxygen atoms in total. The molecule has 1 aliphatic rings. The Kier molecular flexibility index (Phi) is 4.37. The molecule has 0 bridgehead atoms. The zero-order valence-corrected chi connectivity index (χ0v) is 11.2.